The Morgan fingerprint density at radius 1 is 1.42 bits per heavy atom. The molecule has 1 fully saturated rings. The van der Waals surface area contributed by atoms with E-state index in [1.54, 1.807) is 0 Å². The van der Waals surface area contributed by atoms with E-state index in [0.717, 1.165) is 30.6 Å². The van der Waals surface area contributed by atoms with Gasteiger partial charge in [0, 0.05) is 24.1 Å². The number of benzene rings is 1. The molecule has 2 aromatic rings. The van der Waals surface area contributed by atoms with Crippen molar-refractivity contribution in [2.45, 2.75) is 31.9 Å². The smallest absolute Gasteiger partial charge is 0.355 e. The second kappa shape index (κ2) is 7.55. The molecule has 126 valence electrons. The summed E-state index contributed by atoms with van der Waals surface area (Å²) in [7, 11) is 0. The summed E-state index contributed by atoms with van der Waals surface area (Å²) in [5.41, 5.74) is 1.84. The molecule has 0 bridgehead atoms. The summed E-state index contributed by atoms with van der Waals surface area (Å²) in [6.45, 7) is 1.17. The average molecular weight is 346 g/mol. The number of carboxylic acids is 1. The van der Waals surface area contributed by atoms with Crippen molar-refractivity contribution in [3.05, 3.63) is 40.9 Å². The summed E-state index contributed by atoms with van der Waals surface area (Å²) in [6.07, 6.45) is 2.40. The molecule has 1 amide bonds. The molecular formula is C17H18N2O4S. The van der Waals surface area contributed by atoms with Crippen molar-refractivity contribution in [1.29, 1.82) is 0 Å². The number of carboxylic acid groups (broad SMARTS) is 1. The van der Waals surface area contributed by atoms with E-state index >= 15 is 0 Å². The van der Waals surface area contributed by atoms with Gasteiger partial charge >= 0.3 is 5.97 Å². The highest BCUT2D eigenvalue weighted by molar-refractivity contribution is 7.13. The number of hydrogen-bond donors (Lipinski definition) is 2. The van der Waals surface area contributed by atoms with E-state index in [-0.39, 0.29) is 17.7 Å². The second-order valence-electron chi connectivity index (χ2n) is 5.66. The lowest BCUT2D eigenvalue weighted by atomic mass is 10.1. The van der Waals surface area contributed by atoms with Crippen LogP contribution in [0, 0.1) is 0 Å². The van der Waals surface area contributed by atoms with Gasteiger partial charge in [-0.05, 0) is 24.5 Å². The van der Waals surface area contributed by atoms with E-state index in [1.165, 1.54) is 16.7 Å². The van der Waals surface area contributed by atoms with Crippen LogP contribution in [0.25, 0.3) is 10.6 Å². The van der Waals surface area contributed by atoms with Crippen LogP contribution in [0.4, 0.5) is 0 Å². The van der Waals surface area contributed by atoms with Gasteiger partial charge in [0.1, 0.15) is 5.01 Å². The summed E-state index contributed by atoms with van der Waals surface area (Å²) in [5, 5.41) is 14.0. The van der Waals surface area contributed by atoms with Gasteiger partial charge in [-0.2, -0.15) is 0 Å². The van der Waals surface area contributed by atoms with E-state index in [1.807, 2.05) is 24.3 Å². The molecule has 6 nitrogen and oxygen atoms in total. The summed E-state index contributed by atoms with van der Waals surface area (Å²) in [6, 6.07) is 7.58. The van der Waals surface area contributed by atoms with Crippen molar-refractivity contribution in [3.8, 4) is 10.6 Å². The first-order valence-corrected chi connectivity index (χ1v) is 8.66. The number of nitrogens with one attached hydrogen (secondary N) is 1. The van der Waals surface area contributed by atoms with Crippen LogP contribution >= 0.6 is 11.3 Å². The predicted octanol–water partition coefficient (Wildman–Crippen LogP) is 2.69. The van der Waals surface area contributed by atoms with E-state index in [9.17, 15) is 9.59 Å². The quantitative estimate of drug-likeness (QED) is 0.839. The largest absolute Gasteiger partial charge is 0.476 e. The maximum absolute atomic E-state index is 11.9. The first-order chi connectivity index (χ1) is 11.6. The molecule has 0 saturated carbocycles. The number of hydrogen-bond acceptors (Lipinski definition) is 5. The van der Waals surface area contributed by atoms with Gasteiger partial charge in [0.25, 0.3) is 0 Å². The first-order valence-electron chi connectivity index (χ1n) is 7.78. The van der Waals surface area contributed by atoms with Gasteiger partial charge in [0.2, 0.25) is 5.91 Å². The van der Waals surface area contributed by atoms with E-state index in [4.69, 9.17) is 9.84 Å². The van der Waals surface area contributed by atoms with Crippen LogP contribution in [0.1, 0.15) is 35.3 Å². The van der Waals surface area contributed by atoms with Crippen LogP contribution < -0.4 is 5.32 Å². The van der Waals surface area contributed by atoms with Crippen LogP contribution in [0.15, 0.2) is 29.6 Å². The third kappa shape index (κ3) is 4.18. The topological polar surface area (TPSA) is 88.5 Å². The molecule has 0 spiro atoms. The fourth-order valence-corrected chi connectivity index (χ4v) is 3.39. The molecule has 24 heavy (non-hydrogen) atoms. The number of aromatic carboxylic acids is 1. The molecule has 1 aromatic heterocycles. The minimum Gasteiger partial charge on any atom is -0.476 e. The molecule has 1 aliphatic rings. The van der Waals surface area contributed by atoms with E-state index in [2.05, 4.69) is 10.3 Å². The normalized spacial score (nSPS) is 16.9. The lowest BCUT2D eigenvalue weighted by molar-refractivity contribution is -0.123. The maximum Gasteiger partial charge on any atom is 0.355 e. The molecule has 1 atom stereocenters. The number of amides is 1. The van der Waals surface area contributed by atoms with E-state index in [0.29, 0.717) is 18.0 Å². The number of carbonyl (C=O) groups is 2. The Bertz CT molecular complexity index is 738. The Labute approximate surface area is 143 Å². The zero-order chi connectivity index (χ0) is 16.9. The average Bonchev–Trinajstić information content (AvgIpc) is 3.25. The summed E-state index contributed by atoms with van der Waals surface area (Å²) < 4.78 is 5.46. The molecule has 7 heteroatoms. The van der Waals surface area contributed by atoms with Crippen LogP contribution in [-0.2, 0) is 16.1 Å². The van der Waals surface area contributed by atoms with Gasteiger partial charge in [-0.25, -0.2) is 9.78 Å². The molecule has 2 N–H and O–H groups in total. The Hall–Kier alpha value is -2.25. The maximum atomic E-state index is 11.9. The minimum atomic E-state index is -1.03. The standard InChI is InChI=1S/C17H18N2O4S/c20-15(8-13-5-2-6-23-13)18-9-11-3-1-4-12(7-11)16-19-14(10-24-16)17(21)22/h1,3-4,7,10,13H,2,5-6,8-9H2,(H,18,20)(H,21,22). The number of nitrogens with zero attached hydrogens (tertiary/aromatic N) is 1. The van der Waals surface area contributed by atoms with Crippen molar-refractivity contribution in [3.63, 3.8) is 0 Å². The first kappa shape index (κ1) is 16.6. The van der Waals surface area contributed by atoms with Crippen molar-refractivity contribution in [2.75, 3.05) is 6.61 Å². The van der Waals surface area contributed by atoms with E-state index < -0.39 is 5.97 Å². The Kier molecular flexibility index (Phi) is 5.22. The monoisotopic (exact) mass is 346 g/mol. The third-order valence-corrected chi connectivity index (χ3v) is 4.72. The number of thiazole rings is 1. The molecule has 1 aromatic carbocycles. The highest BCUT2D eigenvalue weighted by atomic mass is 32.1. The van der Waals surface area contributed by atoms with Gasteiger partial charge in [-0.3, -0.25) is 4.79 Å². The van der Waals surface area contributed by atoms with Gasteiger partial charge in [0.15, 0.2) is 5.69 Å². The second-order valence-corrected chi connectivity index (χ2v) is 6.52. The zero-order valence-corrected chi connectivity index (χ0v) is 13.8. The molecule has 0 aliphatic carbocycles. The molecule has 1 aliphatic heterocycles. The molecule has 1 saturated heterocycles. The molecule has 0 radical (unpaired) electrons. The Balaban J connectivity index is 1.60. The van der Waals surface area contributed by atoms with Crippen LogP contribution in [0.3, 0.4) is 0 Å². The Morgan fingerprint density at radius 2 is 2.29 bits per heavy atom. The highest BCUT2D eigenvalue weighted by Gasteiger charge is 2.18. The number of rotatable bonds is 6. The lowest BCUT2D eigenvalue weighted by Gasteiger charge is -2.10. The molecule has 1 unspecified atom stereocenters. The molecular weight excluding hydrogens is 328 g/mol. The van der Waals surface area contributed by atoms with Crippen LogP contribution in [-0.4, -0.2) is 34.7 Å². The SMILES string of the molecule is O=C(CC1CCCO1)NCc1cccc(-c2nc(C(=O)O)cs2)c1. The predicted molar refractivity (Wildman–Crippen MR) is 89.9 cm³/mol. The third-order valence-electron chi connectivity index (χ3n) is 3.82. The van der Waals surface area contributed by atoms with Gasteiger partial charge < -0.3 is 15.2 Å². The fourth-order valence-electron chi connectivity index (χ4n) is 2.60. The minimum absolute atomic E-state index is 0.0188. The fraction of sp³-hybridized carbons (Fsp3) is 0.353. The molecule has 3 rings (SSSR count). The van der Waals surface area contributed by atoms with Gasteiger partial charge in [-0.15, -0.1) is 11.3 Å². The summed E-state index contributed by atoms with van der Waals surface area (Å²) in [4.78, 5) is 27.0. The molecule has 2 heterocycles. The van der Waals surface area contributed by atoms with Crippen LogP contribution in [0.5, 0.6) is 0 Å². The number of ether oxygens (including phenoxy) is 1. The lowest BCUT2D eigenvalue weighted by Crippen LogP contribution is -2.26. The van der Waals surface area contributed by atoms with Gasteiger partial charge in [-0.1, -0.05) is 18.2 Å². The zero-order valence-electron chi connectivity index (χ0n) is 13.0. The van der Waals surface area contributed by atoms with Crippen molar-refractivity contribution in [1.82, 2.24) is 10.3 Å². The summed E-state index contributed by atoms with van der Waals surface area (Å²) in [5.74, 6) is -1.05. The van der Waals surface area contributed by atoms with Gasteiger partial charge in [0.05, 0.1) is 12.5 Å². The van der Waals surface area contributed by atoms with Crippen LogP contribution in [0.2, 0.25) is 0 Å². The van der Waals surface area contributed by atoms with Crippen molar-refractivity contribution < 1.29 is 19.4 Å². The van der Waals surface area contributed by atoms with Crippen molar-refractivity contribution in [2.24, 2.45) is 0 Å². The summed E-state index contributed by atoms with van der Waals surface area (Å²) >= 11 is 1.29. The highest BCUT2D eigenvalue weighted by Crippen LogP contribution is 2.24. The number of aromatic nitrogens is 1. The van der Waals surface area contributed by atoms with Crippen molar-refractivity contribution >= 4 is 23.2 Å². The Morgan fingerprint density at radius 3 is 3.00 bits per heavy atom. The number of carbonyl (C=O) groups excluding carboxylic acids is 1.